The number of likely N-dealkylation sites (tertiary alicyclic amines) is 1. The van der Waals surface area contributed by atoms with Crippen molar-refractivity contribution in [1.82, 2.24) is 10.2 Å². The van der Waals surface area contributed by atoms with Crippen molar-refractivity contribution in [2.45, 2.75) is 25.8 Å². The van der Waals surface area contributed by atoms with Crippen LogP contribution in [0.2, 0.25) is 0 Å². The van der Waals surface area contributed by atoms with Crippen molar-refractivity contribution in [3.8, 4) is 0 Å². The molecule has 2 unspecified atom stereocenters. The minimum atomic E-state index is 0. The van der Waals surface area contributed by atoms with E-state index < -0.39 is 0 Å². The molecule has 0 aromatic heterocycles. The molecule has 0 amide bonds. The predicted octanol–water partition coefficient (Wildman–Crippen LogP) is 2.60. The van der Waals surface area contributed by atoms with Crippen LogP contribution in [0.1, 0.15) is 18.9 Å². The zero-order chi connectivity index (χ0) is 16.9. The van der Waals surface area contributed by atoms with E-state index in [0.717, 1.165) is 45.2 Å². The summed E-state index contributed by atoms with van der Waals surface area (Å²) in [5.41, 5.74) is 2.86. The topological polar surface area (TPSA) is 40.1 Å². The number of benzene rings is 1. The van der Waals surface area contributed by atoms with Crippen LogP contribution in [-0.2, 0) is 11.2 Å². The Bertz CT molecular complexity index is 580. The number of methoxy groups -OCH3 is 1. The lowest BCUT2D eigenvalue weighted by Gasteiger charge is -2.27. The maximum Gasteiger partial charge on any atom is 0.193 e. The summed E-state index contributed by atoms with van der Waals surface area (Å²) < 4.78 is 5.29. The first kappa shape index (κ1) is 20.3. The number of para-hydroxylation sites is 1. The van der Waals surface area contributed by atoms with E-state index in [1.54, 1.807) is 7.11 Å². The second kappa shape index (κ2) is 9.62. The Labute approximate surface area is 168 Å². The average Bonchev–Trinajstić information content (AvgIpc) is 3.16. The summed E-state index contributed by atoms with van der Waals surface area (Å²) in [4.78, 5) is 9.32. The Morgan fingerprint density at radius 1 is 1.36 bits per heavy atom. The van der Waals surface area contributed by atoms with Crippen LogP contribution in [-0.4, -0.2) is 63.8 Å². The van der Waals surface area contributed by atoms with Crippen LogP contribution < -0.4 is 10.2 Å². The lowest BCUT2D eigenvalue weighted by molar-refractivity contribution is 0.157. The molecule has 1 aromatic rings. The summed E-state index contributed by atoms with van der Waals surface area (Å²) in [6.45, 7) is 7.18. The van der Waals surface area contributed by atoms with E-state index in [1.807, 2.05) is 7.05 Å². The molecular weight excluding hydrogens is 427 g/mol. The quantitative estimate of drug-likeness (QED) is 0.419. The van der Waals surface area contributed by atoms with Crippen molar-refractivity contribution < 1.29 is 4.74 Å². The highest BCUT2D eigenvalue weighted by atomic mass is 127. The number of anilines is 1. The fourth-order valence-corrected chi connectivity index (χ4v) is 3.99. The van der Waals surface area contributed by atoms with Crippen LogP contribution >= 0.6 is 24.0 Å². The van der Waals surface area contributed by atoms with Gasteiger partial charge in [0.05, 0.1) is 6.61 Å². The van der Waals surface area contributed by atoms with E-state index in [9.17, 15) is 0 Å². The Morgan fingerprint density at radius 3 is 2.92 bits per heavy atom. The van der Waals surface area contributed by atoms with Gasteiger partial charge in [-0.3, -0.25) is 4.99 Å². The Morgan fingerprint density at radius 2 is 2.16 bits per heavy atom. The summed E-state index contributed by atoms with van der Waals surface area (Å²) in [6.07, 6.45) is 2.33. The van der Waals surface area contributed by atoms with Gasteiger partial charge in [0.2, 0.25) is 0 Å². The molecule has 2 atom stereocenters. The molecular formula is C19H31IN4O. The molecule has 6 heteroatoms. The zero-order valence-corrected chi connectivity index (χ0v) is 17.9. The summed E-state index contributed by atoms with van der Waals surface area (Å²) in [7, 11) is 3.66. The van der Waals surface area contributed by atoms with Gasteiger partial charge >= 0.3 is 0 Å². The number of ether oxygens (including phenoxy) is 1. The van der Waals surface area contributed by atoms with E-state index in [-0.39, 0.29) is 24.0 Å². The van der Waals surface area contributed by atoms with Crippen LogP contribution in [0.25, 0.3) is 0 Å². The maximum absolute atomic E-state index is 5.29. The second-order valence-electron chi connectivity index (χ2n) is 6.91. The normalized spacial score (nSPS) is 22.8. The molecule has 0 spiro atoms. The molecule has 2 aliphatic heterocycles. The fourth-order valence-electron chi connectivity index (χ4n) is 3.99. The van der Waals surface area contributed by atoms with Gasteiger partial charge in [-0.15, -0.1) is 24.0 Å². The van der Waals surface area contributed by atoms with Gasteiger partial charge in [-0.25, -0.2) is 0 Å². The first-order valence-corrected chi connectivity index (χ1v) is 9.02. The van der Waals surface area contributed by atoms with Crippen molar-refractivity contribution in [2.24, 2.45) is 10.9 Å². The predicted molar refractivity (Wildman–Crippen MR) is 115 cm³/mol. The fraction of sp³-hybridized carbons (Fsp3) is 0.632. The standard InChI is InChI=1S/C19H30N4O.HI/c1-15-12-17-6-4-5-7-18(17)23(15)11-9-21-19(20-2)22-10-8-16(13-22)14-24-3;/h4-7,15-16H,8-14H2,1-3H3,(H,20,21);1H. The van der Waals surface area contributed by atoms with Crippen molar-refractivity contribution in [2.75, 3.05) is 51.8 Å². The van der Waals surface area contributed by atoms with Crippen molar-refractivity contribution in [3.63, 3.8) is 0 Å². The molecule has 1 saturated heterocycles. The van der Waals surface area contributed by atoms with Crippen molar-refractivity contribution in [1.29, 1.82) is 0 Å². The number of hydrogen-bond donors (Lipinski definition) is 1. The number of nitrogens with one attached hydrogen (secondary N) is 1. The number of guanidine groups is 1. The highest BCUT2D eigenvalue weighted by Gasteiger charge is 2.26. The van der Waals surface area contributed by atoms with E-state index in [4.69, 9.17) is 4.74 Å². The van der Waals surface area contributed by atoms with E-state index >= 15 is 0 Å². The van der Waals surface area contributed by atoms with Crippen LogP contribution in [0.15, 0.2) is 29.3 Å². The van der Waals surface area contributed by atoms with Gasteiger partial charge in [0, 0.05) is 58.0 Å². The number of rotatable bonds is 5. The minimum absolute atomic E-state index is 0. The highest BCUT2D eigenvalue weighted by Crippen LogP contribution is 2.31. The lowest BCUT2D eigenvalue weighted by Crippen LogP contribution is -2.44. The molecule has 0 saturated carbocycles. The molecule has 0 radical (unpaired) electrons. The Hall–Kier alpha value is -1.02. The van der Waals surface area contributed by atoms with Gasteiger partial charge in [0.1, 0.15) is 0 Å². The van der Waals surface area contributed by atoms with Gasteiger partial charge in [-0.1, -0.05) is 18.2 Å². The SMILES string of the molecule is CN=C(NCCN1c2ccccc2CC1C)N1CCC(COC)C1.I. The molecule has 2 heterocycles. The third-order valence-electron chi connectivity index (χ3n) is 5.18. The smallest absolute Gasteiger partial charge is 0.193 e. The lowest BCUT2D eigenvalue weighted by atomic mass is 10.1. The summed E-state index contributed by atoms with van der Waals surface area (Å²) in [6, 6.07) is 9.33. The number of nitrogens with zero attached hydrogens (tertiary/aromatic N) is 3. The number of aliphatic imine (C=N–C) groups is 1. The van der Waals surface area contributed by atoms with Crippen molar-refractivity contribution in [3.05, 3.63) is 29.8 Å². The average molecular weight is 458 g/mol. The monoisotopic (exact) mass is 458 g/mol. The first-order valence-electron chi connectivity index (χ1n) is 9.02. The second-order valence-corrected chi connectivity index (χ2v) is 6.91. The summed E-state index contributed by atoms with van der Waals surface area (Å²) in [5, 5.41) is 3.55. The largest absolute Gasteiger partial charge is 0.384 e. The van der Waals surface area contributed by atoms with Gasteiger partial charge in [0.15, 0.2) is 5.96 Å². The molecule has 1 N–H and O–H groups in total. The molecule has 1 fully saturated rings. The summed E-state index contributed by atoms with van der Waals surface area (Å²) >= 11 is 0. The van der Waals surface area contributed by atoms with E-state index in [1.165, 1.54) is 17.7 Å². The van der Waals surface area contributed by atoms with Gasteiger partial charge < -0.3 is 19.9 Å². The maximum atomic E-state index is 5.29. The zero-order valence-electron chi connectivity index (χ0n) is 15.6. The number of halogens is 1. The van der Waals surface area contributed by atoms with Crippen LogP contribution in [0, 0.1) is 5.92 Å². The van der Waals surface area contributed by atoms with Crippen molar-refractivity contribution >= 4 is 35.6 Å². The molecule has 5 nitrogen and oxygen atoms in total. The number of fused-ring (bicyclic) bond motifs is 1. The molecule has 140 valence electrons. The molecule has 3 rings (SSSR count). The summed E-state index contributed by atoms with van der Waals surface area (Å²) in [5.74, 6) is 1.65. The van der Waals surface area contributed by atoms with E-state index in [2.05, 4.69) is 51.3 Å². The third kappa shape index (κ3) is 4.78. The molecule has 1 aromatic carbocycles. The first-order chi connectivity index (χ1) is 11.7. The highest BCUT2D eigenvalue weighted by molar-refractivity contribution is 14.0. The van der Waals surface area contributed by atoms with Gasteiger partial charge in [-0.05, 0) is 31.4 Å². The number of hydrogen-bond acceptors (Lipinski definition) is 3. The Kier molecular flexibility index (Phi) is 7.81. The molecule has 0 aliphatic carbocycles. The molecule has 0 bridgehead atoms. The van der Waals surface area contributed by atoms with E-state index in [0.29, 0.717) is 12.0 Å². The molecule has 25 heavy (non-hydrogen) atoms. The third-order valence-corrected chi connectivity index (χ3v) is 5.18. The van der Waals surface area contributed by atoms with Crippen LogP contribution in [0.5, 0.6) is 0 Å². The molecule has 2 aliphatic rings. The minimum Gasteiger partial charge on any atom is -0.384 e. The van der Waals surface area contributed by atoms with Crippen LogP contribution in [0.3, 0.4) is 0 Å². The Balaban J connectivity index is 0.00000225. The van der Waals surface area contributed by atoms with Gasteiger partial charge in [0.25, 0.3) is 0 Å². The van der Waals surface area contributed by atoms with Crippen LogP contribution in [0.4, 0.5) is 5.69 Å². The van der Waals surface area contributed by atoms with Gasteiger partial charge in [-0.2, -0.15) is 0 Å².